The highest BCUT2D eigenvalue weighted by Gasteiger charge is 2.70. The van der Waals surface area contributed by atoms with Crippen molar-refractivity contribution in [3.05, 3.63) is 11.6 Å². The van der Waals surface area contributed by atoms with Crippen molar-refractivity contribution in [1.82, 2.24) is 0 Å². The molecule has 30 heavy (non-hydrogen) atoms. The van der Waals surface area contributed by atoms with Crippen LogP contribution in [0.25, 0.3) is 0 Å². The number of carbonyl (C=O) groups is 3. The quantitative estimate of drug-likeness (QED) is 0.522. The summed E-state index contributed by atoms with van der Waals surface area (Å²) in [6.45, 7) is 4.33. The first-order valence-corrected chi connectivity index (χ1v) is 11.4. The van der Waals surface area contributed by atoms with Crippen LogP contribution in [0.15, 0.2) is 11.6 Å². The molecule has 1 heterocycles. The molecule has 0 radical (unpaired) electrons. The predicted octanol–water partition coefficient (Wildman–Crippen LogP) is 2.96. The molecule has 1 saturated heterocycles. The van der Waals surface area contributed by atoms with E-state index in [9.17, 15) is 19.5 Å². The van der Waals surface area contributed by atoms with Gasteiger partial charge in [-0.25, -0.2) is 0 Å². The first-order valence-electron chi connectivity index (χ1n) is 11.4. The first-order chi connectivity index (χ1) is 14.1. The van der Waals surface area contributed by atoms with Crippen LogP contribution in [0.3, 0.4) is 0 Å². The van der Waals surface area contributed by atoms with Gasteiger partial charge in [-0.05, 0) is 55.3 Å². The Balaban J connectivity index is 1.63. The van der Waals surface area contributed by atoms with E-state index in [1.54, 1.807) is 0 Å². The highest BCUT2D eigenvalue weighted by Crippen LogP contribution is 2.70. The molecule has 5 aliphatic rings. The van der Waals surface area contributed by atoms with Gasteiger partial charge in [0, 0.05) is 24.7 Å². The summed E-state index contributed by atoms with van der Waals surface area (Å²) < 4.78 is 11.1. The Morgan fingerprint density at radius 3 is 2.63 bits per heavy atom. The molecule has 6 heteroatoms. The van der Waals surface area contributed by atoms with E-state index in [4.69, 9.17) is 9.47 Å². The summed E-state index contributed by atoms with van der Waals surface area (Å²) in [6, 6.07) is 0. The average Bonchev–Trinajstić information content (AvgIpc) is 3.21. The third-order valence-corrected chi connectivity index (χ3v) is 9.74. The second-order valence-electron chi connectivity index (χ2n) is 10.8. The molecule has 0 aromatic carbocycles. The number of rotatable bonds is 1. The van der Waals surface area contributed by atoms with Gasteiger partial charge in [0.1, 0.15) is 11.4 Å². The van der Waals surface area contributed by atoms with Crippen LogP contribution in [0.2, 0.25) is 0 Å². The van der Waals surface area contributed by atoms with Gasteiger partial charge >= 0.3 is 11.9 Å². The number of methoxy groups -OCH3 is 1. The summed E-state index contributed by atoms with van der Waals surface area (Å²) in [6.07, 6.45) is 6.34. The van der Waals surface area contributed by atoms with Gasteiger partial charge in [0.2, 0.25) is 0 Å². The molecule has 4 fully saturated rings. The lowest BCUT2D eigenvalue weighted by atomic mass is 9.44. The Bertz CT molecular complexity index is 847. The number of ether oxygens (including phenoxy) is 2. The molecule has 1 aliphatic heterocycles. The number of ketones is 1. The van der Waals surface area contributed by atoms with Crippen molar-refractivity contribution in [2.75, 3.05) is 7.11 Å². The lowest BCUT2D eigenvalue weighted by molar-refractivity contribution is -0.192. The summed E-state index contributed by atoms with van der Waals surface area (Å²) in [4.78, 5) is 37.2. The molecule has 164 valence electrons. The second kappa shape index (κ2) is 6.41. The fraction of sp³-hybridized carbons (Fsp3) is 0.792. The van der Waals surface area contributed by atoms with Crippen molar-refractivity contribution in [2.24, 2.45) is 34.5 Å². The zero-order valence-corrected chi connectivity index (χ0v) is 18.1. The first kappa shape index (κ1) is 20.2. The largest absolute Gasteiger partial charge is 0.469 e. The predicted molar refractivity (Wildman–Crippen MR) is 107 cm³/mol. The van der Waals surface area contributed by atoms with E-state index in [1.165, 1.54) is 7.11 Å². The summed E-state index contributed by atoms with van der Waals surface area (Å²) in [5, 5.41) is 11.6. The Morgan fingerprint density at radius 2 is 1.97 bits per heavy atom. The fourth-order valence-corrected chi connectivity index (χ4v) is 8.26. The maximum absolute atomic E-state index is 12.9. The lowest BCUT2D eigenvalue weighted by Crippen LogP contribution is -2.62. The maximum atomic E-state index is 12.9. The minimum absolute atomic E-state index is 0.0770. The van der Waals surface area contributed by atoms with Gasteiger partial charge in [0.05, 0.1) is 19.1 Å². The third kappa shape index (κ3) is 2.43. The number of Topliss-reactive ketones (excluding diaryl/α,β-unsaturated/α-hetero) is 1. The fourth-order valence-electron chi connectivity index (χ4n) is 8.26. The topological polar surface area (TPSA) is 89.9 Å². The van der Waals surface area contributed by atoms with Gasteiger partial charge in [-0.3, -0.25) is 14.4 Å². The zero-order valence-electron chi connectivity index (χ0n) is 18.1. The second-order valence-corrected chi connectivity index (χ2v) is 10.8. The van der Waals surface area contributed by atoms with Crippen molar-refractivity contribution in [1.29, 1.82) is 0 Å². The van der Waals surface area contributed by atoms with Crippen LogP contribution in [-0.4, -0.2) is 41.6 Å². The van der Waals surface area contributed by atoms with Crippen LogP contribution in [-0.2, 0) is 23.9 Å². The lowest BCUT2D eigenvalue weighted by Gasteiger charge is -2.61. The van der Waals surface area contributed by atoms with Crippen LogP contribution in [0, 0.1) is 34.5 Å². The van der Waals surface area contributed by atoms with Crippen molar-refractivity contribution < 1.29 is 29.0 Å². The van der Waals surface area contributed by atoms with Crippen LogP contribution >= 0.6 is 0 Å². The molecule has 3 saturated carbocycles. The summed E-state index contributed by atoms with van der Waals surface area (Å²) in [7, 11) is 1.41. The van der Waals surface area contributed by atoms with E-state index in [2.05, 4.69) is 13.8 Å². The van der Waals surface area contributed by atoms with E-state index in [-0.39, 0.29) is 46.3 Å². The molecule has 1 spiro atoms. The number of esters is 2. The minimum Gasteiger partial charge on any atom is -0.469 e. The summed E-state index contributed by atoms with van der Waals surface area (Å²) in [5.74, 6) is -0.728. The minimum atomic E-state index is -0.611. The number of fused-ring (bicyclic) bond motifs is 6. The number of allylic oxidation sites excluding steroid dienone is 1. The molecule has 3 unspecified atom stereocenters. The summed E-state index contributed by atoms with van der Waals surface area (Å²) in [5.41, 5.74) is -0.183. The van der Waals surface area contributed by atoms with Crippen molar-refractivity contribution in [3.63, 3.8) is 0 Å². The van der Waals surface area contributed by atoms with Gasteiger partial charge in [-0.2, -0.15) is 0 Å². The highest BCUT2D eigenvalue weighted by molar-refractivity contribution is 5.84. The number of hydrogen-bond donors (Lipinski definition) is 1. The maximum Gasteiger partial charge on any atom is 0.312 e. The zero-order chi connectivity index (χ0) is 21.5. The van der Waals surface area contributed by atoms with E-state index in [1.807, 2.05) is 6.08 Å². The number of aliphatic hydroxyl groups excluding tert-OH is 1. The Labute approximate surface area is 177 Å². The van der Waals surface area contributed by atoms with Crippen LogP contribution in [0.4, 0.5) is 0 Å². The number of hydrogen-bond acceptors (Lipinski definition) is 6. The van der Waals surface area contributed by atoms with Gasteiger partial charge in [0.25, 0.3) is 0 Å². The molecule has 5 rings (SSSR count). The third-order valence-electron chi connectivity index (χ3n) is 9.74. The molecular weight excluding hydrogens is 384 g/mol. The highest BCUT2D eigenvalue weighted by atomic mass is 16.6. The van der Waals surface area contributed by atoms with E-state index in [0.717, 1.165) is 18.4 Å². The van der Waals surface area contributed by atoms with Gasteiger partial charge < -0.3 is 14.6 Å². The SMILES string of the molecule is COC(=O)[C@@H]1C=C2CC(=O)CC[C@]2(C)C2[C@@H]1C1CCC3(CCC(=O)O3)[C@@]1(C)C[C@H]2O. The van der Waals surface area contributed by atoms with Gasteiger partial charge in [0.15, 0.2) is 0 Å². The molecule has 8 atom stereocenters. The number of carbonyl (C=O) groups excluding carboxylic acids is 3. The average molecular weight is 417 g/mol. The van der Waals surface area contributed by atoms with E-state index >= 15 is 0 Å². The van der Waals surface area contributed by atoms with Crippen molar-refractivity contribution in [3.8, 4) is 0 Å². The van der Waals surface area contributed by atoms with Crippen molar-refractivity contribution >= 4 is 17.7 Å². The smallest absolute Gasteiger partial charge is 0.312 e. The van der Waals surface area contributed by atoms with E-state index in [0.29, 0.717) is 38.5 Å². The normalized spacial score (nSPS) is 49.7. The van der Waals surface area contributed by atoms with Gasteiger partial charge in [-0.1, -0.05) is 25.5 Å². The Hall–Kier alpha value is -1.69. The van der Waals surface area contributed by atoms with Crippen LogP contribution < -0.4 is 0 Å². The van der Waals surface area contributed by atoms with Crippen LogP contribution in [0.5, 0.6) is 0 Å². The van der Waals surface area contributed by atoms with Crippen LogP contribution in [0.1, 0.15) is 65.2 Å². The van der Waals surface area contributed by atoms with Crippen molar-refractivity contribution in [2.45, 2.75) is 76.9 Å². The summed E-state index contributed by atoms with van der Waals surface area (Å²) >= 11 is 0. The molecule has 1 N–H and O–H groups in total. The molecule has 0 bridgehead atoms. The molecular formula is C24H32O6. The molecule has 0 aromatic rings. The van der Waals surface area contributed by atoms with E-state index < -0.39 is 17.6 Å². The monoisotopic (exact) mass is 416 g/mol. The Kier molecular flexibility index (Phi) is 4.32. The Morgan fingerprint density at radius 1 is 1.20 bits per heavy atom. The van der Waals surface area contributed by atoms with Gasteiger partial charge in [-0.15, -0.1) is 0 Å². The molecule has 0 aromatic heterocycles. The standard InChI is InChI=1S/C24H32O6/c1-22-7-4-14(25)10-13(22)11-15(21(28)29-3)19-16-5-8-24(9-6-18(27)30-24)23(16,2)12-17(26)20(19)22/h11,15-17,19-20,26H,4-10,12H2,1-3H3/t15-,16?,17-,19+,20?,22+,23+,24?/m1/s1. The molecule has 0 amide bonds. The molecule has 4 aliphatic carbocycles. The molecule has 6 nitrogen and oxygen atoms in total. The number of aliphatic hydroxyl groups is 1.